The van der Waals surface area contributed by atoms with E-state index >= 15 is 0 Å². The lowest BCUT2D eigenvalue weighted by Crippen LogP contribution is -2.28. The maximum absolute atomic E-state index is 5.71. The van der Waals surface area contributed by atoms with Crippen LogP contribution in [-0.2, 0) is 0 Å². The Morgan fingerprint density at radius 2 is 2.33 bits per heavy atom. The van der Waals surface area contributed by atoms with E-state index in [9.17, 15) is 0 Å². The Kier molecular flexibility index (Phi) is 2.91. The lowest BCUT2D eigenvalue weighted by Gasteiger charge is -2.22. The molecule has 1 aliphatic heterocycles. The van der Waals surface area contributed by atoms with Crippen molar-refractivity contribution in [3.05, 3.63) is 23.9 Å². The van der Waals surface area contributed by atoms with Crippen LogP contribution in [-0.4, -0.2) is 24.1 Å². The van der Waals surface area contributed by atoms with Crippen LogP contribution in [0.15, 0.2) is 18.3 Å². The maximum atomic E-state index is 5.71. The van der Waals surface area contributed by atoms with E-state index in [4.69, 9.17) is 5.73 Å². The van der Waals surface area contributed by atoms with Crippen LogP contribution in [0.25, 0.3) is 0 Å². The fourth-order valence-electron chi connectivity index (χ4n) is 2.26. The Hall–Kier alpha value is -1.09. The van der Waals surface area contributed by atoms with Gasteiger partial charge in [-0.15, -0.1) is 0 Å². The highest BCUT2D eigenvalue weighted by Crippen LogP contribution is 2.26. The van der Waals surface area contributed by atoms with E-state index in [1.165, 1.54) is 12.0 Å². The first-order chi connectivity index (χ1) is 7.20. The van der Waals surface area contributed by atoms with E-state index in [1.807, 2.05) is 6.20 Å². The summed E-state index contributed by atoms with van der Waals surface area (Å²) in [5.41, 5.74) is 6.92. The van der Waals surface area contributed by atoms with E-state index < -0.39 is 0 Å². The third-order valence-corrected chi connectivity index (χ3v) is 3.18. The van der Waals surface area contributed by atoms with Crippen molar-refractivity contribution in [3.8, 4) is 0 Å². The molecule has 1 aromatic heterocycles. The minimum Gasteiger partial charge on any atom is -0.354 e. The number of hydrogen-bond donors (Lipinski definition) is 1. The Balaban J connectivity index is 2.14. The quantitative estimate of drug-likeness (QED) is 0.796. The largest absolute Gasteiger partial charge is 0.354 e. The average Bonchev–Trinajstić information content (AvgIpc) is 2.61. The van der Waals surface area contributed by atoms with Gasteiger partial charge >= 0.3 is 0 Å². The topological polar surface area (TPSA) is 42.1 Å². The van der Waals surface area contributed by atoms with Crippen molar-refractivity contribution in [1.29, 1.82) is 0 Å². The SMILES string of the molecule is Cc1ccc(N2CC(CN)CC2C)nc1. The van der Waals surface area contributed by atoms with E-state index in [1.54, 1.807) is 0 Å². The Morgan fingerprint density at radius 3 is 2.87 bits per heavy atom. The maximum Gasteiger partial charge on any atom is 0.128 e. The molecule has 0 saturated carbocycles. The highest BCUT2D eigenvalue weighted by atomic mass is 15.2. The van der Waals surface area contributed by atoms with Crippen molar-refractivity contribution >= 4 is 5.82 Å². The molecule has 1 fully saturated rings. The van der Waals surface area contributed by atoms with Crippen molar-refractivity contribution in [2.75, 3.05) is 18.0 Å². The molecule has 15 heavy (non-hydrogen) atoms. The van der Waals surface area contributed by atoms with Gasteiger partial charge in [0.1, 0.15) is 5.82 Å². The number of nitrogens with two attached hydrogens (primary N) is 1. The van der Waals surface area contributed by atoms with Gasteiger partial charge in [0, 0.05) is 18.8 Å². The van der Waals surface area contributed by atoms with Crippen molar-refractivity contribution in [2.45, 2.75) is 26.3 Å². The van der Waals surface area contributed by atoms with Gasteiger partial charge in [0.15, 0.2) is 0 Å². The van der Waals surface area contributed by atoms with Gasteiger partial charge < -0.3 is 10.6 Å². The number of nitrogens with zero attached hydrogens (tertiary/aromatic N) is 2. The van der Waals surface area contributed by atoms with Crippen LogP contribution in [0.4, 0.5) is 5.82 Å². The highest BCUT2D eigenvalue weighted by Gasteiger charge is 2.28. The summed E-state index contributed by atoms with van der Waals surface area (Å²) in [6.07, 6.45) is 3.11. The summed E-state index contributed by atoms with van der Waals surface area (Å²) in [5.74, 6) is 1.71. The van der Waals surface area contributed by atoms with Gasteiger partial charge in [-0.25, -0.2) is 4.98 Å². The lowest BCUT2D eigenvalue weighted by atomic mass is 10.1. The van der Waals surface area contributed by atoms with Crippen LogP contribution in [0.5, 0.6) is 0 Å². The molecule has 0 spiro atoms. The number of rotatable bonds is 2. The Labute approximate surface area is 91.3 Å². The molecule has 0 aromatic carbocycles. The standard InChI is InChI=1S/C12H19N3/c1-9-3-4-12(14-7-9)15-8-11(6-13)5-10(15)2/h3-4,7,10-11H,5-6,8,13H2,1-2H3. The van der Waals surface area contributed by atoms with Crippen LogP contribution in [0.2, 0.25) is 0 Å². The Bertz CT molecular complexity index is 320. The molecular formula is C12H19N3. The molecule has 2 N–H and O–H groups in total. The molecule has 2 unspecified atom stereocenters. The summed E-state index contributed by atoms with van der Waals surface area (Å²) in [6, 6.07) is 4.78. The first-order valence-corrected chi connectivity index (χ1v) is 5.60. The van der Waals surface area contributed by atoms with E-state index in [2.05, 4.69) is 35.9 Å². The summed E-state index contributed by atoms with van der Waals surface area (Å²) in [5, 5.41) is 0. The third kappa shape index (κ3) is 2.12. The monoisotopic (exact) mass is 205 g/mol. The molecule has 2 rings (SSSR count). The number of aromatic nitrogens is 1. The number of pyridine rings is 1. The molecule has 2 heterocycles. The molecule has 0 amide bonds. The summed E-state index contributed by atoms with van der Waals surface area (Å²) in [7, 11) is 0. The van der Waals surface area contributed by atoms with Crippen LogP contribution >= 0.6 is 0 Å². The zero-order valence-corrected chi connectivity index (χ0v) is 9.48. The molecular weight excluding hydrogens is 186 g/mol. The average molecular weight is 205 g/mol. The van der Waals surface area contributed by atoms with Crippen LogP contribution < -0.4 is 10.6 Å². The molecule has 82 valence electrons. The van der Waals surface area contributed by atoms with Crippen molar-refractivity contribution < 1.29 is 0 Å². The van der Waals surface area contributed by atoms with Gasteiger partial charge in [0.2, 0.25) is 0 Å². The summed E-state index contributed by atoms with van der Waals surface area (Å²) >= 11 is 0. The smallest absolute Gasteiger partial charge is 0.128 e. The predicted octanol–water partition coefficient (Wildman–Crippen LogP) is 1.56. The van der Waals surface area contributed by atoms with Crippen molar-refractivity contribution in [1.82, 2.24) is 4.98 Å². The fraction of sp³-hybridized carbons (Fsp3) is 0.583. The van der Waals surface area contributed by atoms with Gasteiger partial charge in [0.25, 0.3) is 0 Å². The van der Waals surface area contributed by atoms with Crippen molar-refractivity contribution in [2.24, 2.45) is 11.7 Å². The molecule has 3 heteroatoms. The highest BCUT2D eigenvalue weighted by molar-refractivity contribution is 5.41. The predicted molar refractivity (Wildman–Crippen MR) is 62.9 cm³/mol. The van der Waals surface area contributed by atoms with Gasteiger partial charge in [0.05, 0.1) is 0 Å². The van der Waals surface area contributed by atoms with E-state index in [0.717, 1.165) is 18.9 Å². The third-order valence-electron chi connectivity index (χ3n) is 3.18. The molecule has 1 aromatic rings. The normalized spacial score (nSPS) is 25.9. The molecule has 1 aliphatic rings. The van der Waals surface area contributed by atoms with Gasteiger partial charge in [-0.1, -0.05) is 6.07 Å². The van der Waals surface area contributed by atoms with Gasteiger partial charge in [-0.3, -0.25) is 0 Å². The zero-order chi connectivity index (χ0) is 10.8. The summed E-state index contributed by atoms with van der Waals surface area (Å²) in [6.45, 7) is 6.14. The van der Waals surface area contributed by atoms with Gasteiger partial charge in [-0.05, 0) is 44.4 Å². The minimum atomic E-state index is 0.564. The van der Waals surface area contributed by atoms with Gasteiger partial charge in [-0.2, -0.15) is 0 Å². The zero-order valence-electron chi connectivity index (χ0n) is 9.48. The lowest BCUT2D eigenvalue weighted by molar-refractivity contribution is 0.579. The molecule has 1 saturated heterocycles. The van der Waals surface area contributed by atoms with E-state index in [-0.39, 0.29) is 0 Å². The summed E-state index contributed by atoms with van der Waals surface area (Å²) in [4.78, 5) is 6.82. The van der Waals surface area contributed by atoms with Crippen LogP contribution in [0.1, 0.15) is 18.9 Å². The number of aryl methyl sites for hydroxylation is 1. The van der Waals surface area contributed by atoms with Crippen LogP contribution in [0.3, 0.4) is 0 Å². The van der Waals surface area contributed by atoms with E-state index in [0.29, 0.717) is 12.0 Å². The second kappa shape index (κ2) is 4.19. The van der Waals surface area contributed by atoms with Crippen molar-refractivity contribution in [3.63, 3.8) is 0 Å². The second-order valence-corrected chi connectivity index (χ2v) is 4.53. The molecule has 2 atom stereocenters. The Morgan fingerprint density at radius 1 is 1.53 bits per heavy atom. The molecule has 0 aliphatic carbocycles. The first-order valence-electron chi connectivity index (χ1n) is 5.60. The van der Waals surface area contributed by atoms with Crippen LogP contribution in [0, 0.1) is 12.8 Å². The molecule has 0 bridgehead atoms. The first kappa shape index (κ1) is 10.4. The second-order valence-electron chi connectivity index (χ2n) is 4.53. The number of hydrogen-bond acceptors (Lipinski definition) is 3. The fourth-order valence-corrected chi connectivity index (χ4v) is 2.26. The number of anilines is 1. The molecule has 3 nitrogen and oxygen atoms in total. The minimum absolute atomic E-state index is 0.564. The summed E-state index contributed by atoms with van der Waals surface area (Å²) < 4.78 is 0. The molecule has 0 radical (unpaired) electrons.